The van der Waals surface area contributed by atoms with Crippen LogP contribution in [0.2, 0.25) is 0 Å². The van der Waals surface area contributed by atoms with Crippen LogP contribution in [0.5, 0.6) is 0 Å². The van der Waals surface area contributed by atoms with Crippen LogP contribution >= 0.6 is 0 Å². The van der Waals surface area contributed by atoms with Gasteiger partial charge >= 0.3 is 0 Å². The number of nitrogens with one attached hydrogen (secondary N) is 1. The Labute approximate surface area is 165 Å². The van der Waals surface area contributed by atoms with Gasteiger partial charge in [0.05, 0.1) is 23.7 Å². The number of rotatable bonds is 6. The second-order valence-electron chi connectivity index (χ2n) is 7.37. The van der Waals surface area contributed by atoms with Crippen LogP contribution in [-0.4, -0.2) is 40.2 Å². The predicted octanol–water partition coefficient (Wildman–Crippen LogP) is 3.65. The van der Waals surface area contributed by atoms with Gasteiger partial charge in [0.25, 0.3) is 5.91 Å². The summed E-state index contributed by atoms with van der Waals surface area (Å²) >= 11 is 0. The Bertz CT molecular complexity index is 922. The zero-order valence-corrected chi connectivity index (χ0v) is 16.4. The number of carbonyl (C=O) groups excluding carboxylic acids is 1. The lowest BCUT2D eigenvalue weighted by Crippen LogP contribution is -2.36. The highest BCUT2D eigenvalue weighted by Crippen LogP contribution is 2.25. The molecule has 0 spiro atoms. The topological polar surface area (TPSA) is 63.3 Å². The quantitative estimate of drug-likeness (QED) is 0.711. The zero-order chi connectivity index (χ0) is 19.5. The predicted molar refractivity (Wildman–Crippen MR) is 108 cm³/mol. The Balaban J connectivity index is 1.43. The number of aromatic nitrogens is 2. The highest BCUT2D eigenvalue weighted by atomic mass is 16.3. The molecule has 3 aromatic rings. The molecule has 0 saturated carbocycles. The molecule has 1 aromatic carbocycles. The number of benzene rings is 1. The van der Waals surface area contributed by atoms with E-state index in [-0.39, 0.29) is 11.9 Å². The molecule has 6 nitrogen and oxygen atoms in total. The number of nitrogens with zero attached hydrogens (tertiary/aromatic N) is 3. The van der Waals surface area contributed by atoms with Crippen LogP contribution in [0.3, 0.4) is 0 Å². The summed E-state index contributed by atoms with van der Waals surface area (Å²) in [7, 11) is 0. The van der Waals surface area contributed by atoms with Gasteiger partial charge in [-0.3, -0.25) is 9.69 Å². The maximum atomic E-state index is 12.7. The van der Waals surface area contributed by atoms with Gasteiger partial charge < -0.3 is 9.73 Å². The Hall–Kier alpha value is -2.86. The molecule has 1 aliphatic heterocycles. The van der Waals surface area contributed by atoms with Crippen LogP contribution in [0.25, 0.3) is 5.69 Å². The van der Waals surface area contributed by atoms with Crippen LogP contribution < -0.4 is 5.32 Å². The van der Waals surface area contributed by atoms with Crippen molar-refractivity contribution >= 4 is 5.91 Å². The lowest BCUT2D eigenvalue weighted by molar-refractivity contribution is 0.0934. The van der Waals surface area contributed by atoms with Crippen molar-refractivity contribution in [1.29, 1.82) is 0 Å². The second kappa shape index (κ2) is 8.02. The summed E-state index contributed by atoms with van der Waals surface area (Å²) in [6.45, 7) is 6.61. The van der Waals surface area contributed by atoms with E-state index in [1.807, 2.05) is 61.0 Å². The van der Waals surface area contributed by atoms with Gasteiger partial charge in [-0.15, -0.1) is 0 Å². The molecule has 1 unspecified atom stereocenters. The lowest BCUT2D eigenvalue weighted by Gasteiger charge is -2.26. The summed E-state index contributed by atoms with van der Waals surface area (Å²) in [4.78, 5) is 15.0. The number of aryl methyl sites for hydroxylation is 2. The van der Waals surface area contributed by atoms with Crippen molar-refractivity contribution in [2.45, 2.75) is 32.7 Å². The molecule has 1 fully saturated rings. The van der Waals surface area contributed by atoms with Gasteiger partial charge in [-0.25, -0.2) is 4.68 Å². The summed E-state index contributed by atoms with van der Waals surface area (Å²) in [6.07, 6.45) is 4.08. The van der Waals surface area contributed by atoms with E-state index in [9.17, 15) is 4.79 Å². The summed E-state index contributed by atoms with van der Waals surface area (Å²) in [6, 6.07) is 13.6. The maximum Gasteiger partial charge on any atom is 0.251 e. The average molecular weight is 378 g/mol. The van der Waals surface area contributed by atoms with Crippen molar-refractivity contribution in [3.8, 4) is 5.69 Å². The molecule has 1 aliphatic rings. The maximum absolute atomic E-state index is 12.7. The third-order valence-electron chi connectivity index (χ3n) is 5.29. The standard InChI is InChI=1S/C22H26N4O2/c1-16-14-17(2)26(24-16)19-9-7-18(8-10-19)22(27)23-15-20(21-6-5-13-28-21)25-11-3-4-12-25/h5-10,13-14,20H,3-4,11-12,15H2,1-2H3,(H,23,27). The van der Waals surface area contributed by atoms with Gasteiger partial charge in [-0.05, 0) is 82.2 Å². The van der Waals surface area contributed by atoms with Crippen LogP contribution in [0.4, 0.5) is 0 Å². The number of amides is 1. The minimum absolute atomic E-state index is 0.0735. The lowest BCUT2D eigenvalue weighted by atomic mass is 10.1. The van der Waals surface area contributed by atoms with Crippen LogP contribution in [0, 0.1) is 13.8 Å². The molecule has 0 bridgehead atoms. The first-order valence-electron chi connectivity index (χ1n) is 9.81. The smallest absolute Gasteiger partial charge is 0.251 e. The van der Waals surface area contributed by atoms with Crippen molar-refractivity contribution < 1.29 is 9.21 Å². The van der Waals surface area contributed by atoms with E-state index in [1.54, 1.807) is 6.26 Å². The molecule has 2 aromatic heterocycles. The van der Waals surface area contributed by atoms with Gasteiger partial charge in [0.15, 0.2) is 0 Å². The highest BCUT2D eigenvalue weighted by Gasteiger charge is 2.26. The summed E-state index contributed by atoms with van der Waals surface area (Å²) in [5.74, 6) is 0.831. The number of carbonyl (C=O) groups is 1. The minimum Gasteiger partial charge on any atom is -0.468 e. The number of furan rings is 1. The first-order valence-corrected chi connectivity index (χ1v) is 9.81. The fraction of sp³-hybridized carbons (Fsp3) is 0.364. The van der Waals surface area contributed by atoms with Crippen molar-refractivity contribution in [3.05, 3.63) is 71.4 Å². The summed E-state index contributed by atoms with van der Waals surface area (Å²) in [5.41, 5.74) is 3.64. The van der Waals surface area contributed by atoms with Crippen LogP contribution in [-0.2, 0) is 0 Å². The Morgan fingerprint density at radius 2 is 1.93 bits per heavy atom. The summed E-state index contributed by atoms with van der Waals surface area (Å²) in [5, 5.41) is 7.56. The molecule has 1 N–H and O–H groups in total. The van der Waals surface area contributed by atoms with E-state index in [0.717, 1.165) is 35.9 Å². The highest BCUT2D eigenvalue weighted by molar-refractivity contribution is 5.94. The molecular weight excluding hydrogens is 352 g/mol. The molecule has 28 heavy (non-hydrogen) atoms. The van der Waals surface area contributed by atoms with Gasteiger partial charge in [-0.1, -0.05) is 0 Å². The number of hydrogen-bond donors (Lipinski definition) is 1. The largest absolute Gasteiger partial charge is 0.468 e. The SMILES string of the molecule is Cc1cc(C)n(-c2ccc(C(=O)NCC(c3ccco3)N3CCCC3)cc2)n1. The van der Waals surface area contributed by atoms with E-state index >= 15 is 0 Å². The normalized spacial score (nSPS) is 15.6. The third kappa shape index (κ3) is 3.87. The molecule has 4 rings (SSSR count). The first kappa shape index (κ1) is 18.5. The molecule has 1 atom stereocenters. The molecule has 1 saturated heterocycles. The molecule has 6 heteroatoms. The molecule has 146 valence electrons. The Morgan fingerprint density at radius 1 is 1.18 bits per heavy atom. The van der Waals surface area contributed by atoms with Gasteiger partial charge in [0.1, 0.15) is 5.76 Å². The second-order valence-corrected chi connectivity index (χ2v) is 7.37. The molecule has 0 radical (unpaired) electrons. The van der Waals surface area contributed by atoms with E-state index in [1.165, 1.54) is 12.8 Å². The van der Waals surface area contributed by atoms with Crippen LogP contribution in [0.1, 0.15) is 46.4 Å². The Kier molecular flexibility index (Phi) is 5.30. The van der Waals surface area contributed by atoms with Crippen molar-refractivity contribution in [1.82, 2.24) is 20.0 Å². The van der Waals surface area contributed by atoms with Gasteiger partial charge in [0.2, 0.25) is 0 Å². The van der Waals surface area contributed by atoms with E-state index in [4.69, 9.17) is 4.42 Å². The van der Waals surface area contributed by atoms with Crippen molar-refractivity contribution in [2.75, 3.05) is 19.6 Å². The fourth-order valence-corrected chi connectivity index (χ4v) is 3.88. The number of hydrogen-bond acceptors (Lipinski definition) is 4. The van der Waals surface area contributed by atoms with E-state index in [0.29, 0.717) is 12.1 Å². The fourth-order valence-electron chi connectivity index (χ4n) is 3.88. The van der Waals surface area contributed by atoms with Crippen molar-refractivity contribution in [2.24, 2.45) is 0 Å². The summed E-state index contributed by atoms with van der Waals surface area (Å²) < 4.78 is 7.51. The van der Waals surface area contributed by atoms with E-state index < -0.39 is 0 Å². The average Bonchev–Trinajstić information content (AvgIpc) is 3.45. The molecule has 0 aliphatic carbocycles. The van der Waals surface area contributed by atoms with Crippen molar-refractivity contribution in [3.63, 3.8) is 0 Å². The number of likely N-dealkylation sites (tertiary alicyclic amines) is 1. The monoisotopic (exact) mass is 378 g/mol. The van der Waals surface area contributed by atoms with Crippen LogP contribution in [0.15, 0.2) is 53.1 Å². The molecule has 3 heterocycles. The molecular formula is C22H26N4O2. The third-order valence-corrected chi connectivity index (χ3v) is 5.29. The Morgan fingerprint density at radius 3 is 2.54 bits per heavy atom. The minimum atomic E-state index is -0.0735. The molecule has 1 amide bonds. The zero-order valence-electron chi connectivity index (χ0n) is 16.4. The van der Waals surface area contributed by atoms with Gasteiger partial charge in [-0.2, -0.15) is 5.10 Å². The first-order chi connectivity index (χ1) is 13.6. The van der Waals surface area contributed by atoms with E-state index in [2.05, 4.69) is 15.3 Å². The van der Waals surface area contributed by atoms with Gasteiger partial charge in [0, 0.05) is 17.8 Å².